The normalized spacial score (nSPS) is 11.0. The van der Waals surface area contributed by atoms with E-state index in [4.69, 9.17) is 21.5 Å². The number of carbonyl (C=O) groups excluding carboxylic acids is 2. The highest BCUT2D eigenvalue weighted by molar-refractivity contribution is 7.89. The number of aryl methyl sites for hydroxylation is 1. The second kappa shape index (κ2) is 8.31. The number of hydrogen-bond acceptors (Lipinski definition) is 5. The number of primary sulfonamides is 1. The summed E-state index contributed by atoms with van der Waals surface area (Å²) < 4.78 is 27.6. The lowest BCUT2D eigenvalue weighted by atomic mass is 10.1. The largest absolute Gasteiger partial charge is 0.452 e. The molecule has 7 nitrogen and oxygen atoms in total. The smallest absolute Gasteiger partial charge is 0.340 e. The molecule has 2 rings (SSSR count). The van der Waals surface area contributed by atoms with Crippen molar-refractivity contribution in [3.05, 3.63) is 64.2 Å². The molecule has 0 unspecified atom stereocenters. The lowest BCUT2D eigenvalue weighted by Gasteiger charge is -2.09. The Morgan fingerprint density at radius 1 is 1.19 bits per heavy atom. The Balaban J connectivity index is 1.96. The average Bonchev–Trinajstić information content (AvgIpc) is 2.58. The van der Waals surface area contributed by atoms with Crippen molar-refractivity contribution in [2.24, 2.45) is 5.14 Å². The highest BCUT2D eigenvalue weighted by atomic mass is 35.5. The van der Waals surface area contributed by atoms with Crippen LogP contribution < -0.4 is 10.5 Å². The van der Waals surface area contributed by atoms with E-state index in [1.165, 1.54) is 12.1 Å². The Morgan fingerprint density at radius 2 is 1.88 bits per heavy atom. The van der Waals surface area contributed by atoms with E-state index < -0.39 is 28.5 Å². The van der Waals surface area contributed by atoms with E-state index >= 15 is 0 Å². The van der Waals surface area contributed by atoms with Crippen LogP contribution in [0, 0.1) is 6.92 Å². The van der Waals surface area contributed by atoms with Crippen LogP contribution in [0.2, 0.25) is 5.02 Å². The van der Waals surface area contributed by atoms with Gasteiger partial charge in [0, 0.05) is 6.54 Å². The highest BCUT2D eigenvalue weighted by Gasteiger charge is 2.18. The molecule has 9 heteroatoms. The first-order valence-electron chi connectivity index (χ1n) is 7.49. The number of hydrogen-bond donors (Lipinski definition) is 2. The summed E-state index contributed by atoms with van der Waals surface area (Å²) in [5.74, 6) is -1.42. The topological polar surface area (TPSA) is 116 Å². The van der Waals surface area contributed by atoms with Gasteiger partial charge < -0.3 is 10.1 Å². The summed E-state index contributed by atoms with van der Waals surface area (Å²) in [4.78, 5) is 23.6. The fourth-order valence-corrected chi connectivity index (χ4v) is 2.83. The summed E-state index contributed by atoms with van der Waals surface area (Å²) in [5, 5.41) is 7.64. The summed E-state index contributed by atoms with van der Waals surface area (Å²) >= 11 is 5.88. The minimum atomic E-state index is -4.00. The molecule has 0 aliphatic rings. The van der Waals surface area contributed by atoms with Crippen molar-refractivity contribution >= 4 is 33.5 Å². The number of carbonyl (C=O) groups is 2. The molecule has 0 heterocycles. The number of sulfonamides is 1. The zero-order valence-corrected chi connectivity index (χ0v) is 15.4. The van der Waals surface area contributed by atoms with Crippen molar-refractivity contribution in [2.75, 3.05) is 6.61 Å². The van der Waals surface area contributed by atoms with E-state index in [-0.39, 0.29) is 15.5 Å². The molecular weight excluding hydrogens is 380 g/mol. The van der Waals surface area contributed by atoms with Crippen molar-refractivity contribution in [1.82, 2.24) is 5.32 Å². The van der Waals surface area contributed by atoms with E-state index in [0.717, 1.165) is 17.2 Å². The van der Waals surface area contributed by atoms with Gasteiger partial charge in [0.05, 0.1) is 15.5 Å². The Morgan fingerprint density at radius 3 is 2.54 bits per heavy atom. The van der Waals surface area contributed by atoms with Crippen LogP contribution in [0.4, 0.5) is 0 Å². The molecular formula is C17H17ClN2O5S. The molecule has 0 fully saturated rings. The Hall–Kier alpha value is -2.42. The summed E-state index contributed by atoms with van der Waals surface area (Å²) in [6, 6.07) is 10.9. The molecule has 0 spiro atoms. The van der Waals surface area contributed by atoms with Gasteiger partial charge in [-0.3, -0.25) is 4.79 Å². The van der Waals surface area contributed by atoms with Crippen molar-refractivity contribution in [3.8, 4) is 0 Å². The van der Waals surface area contributed by atoms with Gasteiger partial charge in [0.25, 0.3) is 5.91 Å². The number of ether oxygens (including phenoxy) is 1. The summed E-state index contributed by atoms with van der Waals surface area (Å²) in [6.07, 6.45) is 0. The van der Waals surface area contributed by atoms with E-state index in [0.29, 0.717) is 6.54 Å². The number of benzene rings is 2. The van der Waals surface area contributed by atoms with Gasteiger partial charge in [-0.2, -0.15) is 0 Å². The van der Waals surface area contributed by atoms with Gasteiger partial charge >= 0.3 is 5.97 Å². The van der Waals surface area contributed by atoms with E-state index in [1.54, 1.807) is 0 Å². The molecule has 0 aromatic heterocycles. The van der Waals surface area contributed by atoms with Gasteiger partial charge in [-0.1, -0.05) is 35.9 Å². The van der Waals surface area contributed by atoms with Crippen LogP contribution in [-0.4, -0.2) is 26.9 Å². The van der Waals surface area contributed by atoms with E-state index in [9.17, 15) is 18.0 Å². The van der Waals surface area contributed by atoms with Crippen molar-refractivity contribution in [3.63, 3.8) is 0 Å². The lowest BCUT2D eigenvalue weighted by molar-refractivity contribution is -0.124. The Bertz CT molecular complexity index is 944. The van der Waals surface area contributed by atoms with Crippen LogP contribution in [0.1, 0.15) is 21.5 Å². The highest BCUT2D eigenvalue weighted by Crippen LogP contribution is 2.20. The zero-order valence-electron chi connectivity index (χ0n) is 13.9. The summed E-state index contributed by atoms with van der Waals surface area (Å²) in [7, 11) is -4.00. The second-order valence-electron chi connectivity index (χ2n) is 5.47. The predicted molar refractivity (Wildman–Crippen MR) is 96.1 cm³/mol. The fraction of sp³-hybridized carbons (Fsp3) is 0.176. The molecule has 0 bridgehead atoms. The maximum Gasteiger partial charge on any atom is 0.340 e. The first-order chi connectivity index (χ1) is 12.2. The van der Waals surface area contributed by atoms with Gasteiger partial charge in [-0.15, -0.1) is 0 Å². The first kappa shape index (κ1) is 19.9. The maximum atomic E-state index is 12.1. The molecule has 0 aliphatic carbocycles. The van der Waals surface area contributed by atoms with Crippen LogP contribution in [0.3, 0.4) is 0 Å². The average molecular weight is 397 g/mol. The van der Waals surface area contributed by atoms with Crippen LogP contribution >= 0.6 is 11.6 Å². The third-order valence-electron chi connectivity index (χ3n) is 3.56. The number of nitrogens with two attached hydrogens (primary N) is 1. The second-order valence-corrected chi connectivity index (χ2v) is 7.43. The molecule has 0 radical (unpaired) electrons. The molecule has 0 saturated heterocycles. The van der Waals surface area contributed by atoms with Gasteiger partial charge in [0.1, 0.15) is 0 Å². The van der Waals surface area contributed by atoms with Gasteiger partial charge in [0.2, 0.25) is 10.0 Å². The Labute approximate surface area is 156 Å². The number of esters is 1. The summed E-state index contributed by atoms with van der Waals surface area (Å²) in [6.45, 7) is 1.69. The fourth-order valence-electron chi connectivity index (χ4n) is 2.10. The molecule has 0 saturated carbocycles. The van der Waals surface area contributed by atoms with Crippen molar-refractivity contribution in [1.29, 1.82) is 0 Å². The van der Waals surface area contributed by atoms with Crippen LogP contribution in [0.5, 0.6) is 0 Å². The third kappa shape index (κ3) is 5.29. The molecule has 2 aromatic rings. The molecule has 1 amide bonds. The van der Waals surface area contributed by atoms with Crippen molar-refractivity contribution in [2.45, 2.75) is 18.4 Å². The van der Waals surface area contributed by atoms with Crippen LogP contribution in [0.15, 0.2) is 47.4 Å². The first-order valence-corrected chi connectivity index (χ1v) is 9.41. The van der Waals surface area contributed by atoms with Gasteiger partial charge in [-0.05, 0) is 36.2 Å². The number of amides is 1. The monoisotopic (exact) mass is 396 g/mol. The summed E-state index contributed by atoms with van der Waals surface area (Å²) in [5.41, 5.74) is 1.78. The maximum absolute atomic E-state index is 12.1. The molecule has 0 aliphatic heterocycles. The predicted octanol–water partition coefficient (Wildman–Crippen LogP) is 1.77. The third-order valence-corrected chi connectivity index (χ3v) is 4.80. The minimum Gasteiger partial charge on any atom is -0.452 e. The molecule has 2 aromatic carbocycles. The number of nitrogens with one attached hydrogen (secondary N) is 1. The SMILES string of the molecule is Cc1ccccc1CNC(=O)COC(=O)c1cc(S(N)(=O)=O)ccc1Cl. The number of rotatable bonds is 6. The standard InChI is InChI=1S/C17H17ClN2O5S/c1-11-4-2-3-5-12(11)9-20-16(21)10-25-17(22)14-8-13(26(19,23)24)6-7-15(14)18/h2-8H,9-10H2,1H3,(H,20,21)(H2,19,23,24). The van der Waals surface area contributed by atoms with Crippen molar-refractivity contribution < 1.29 is 22.7 Å². The number of halogens is 1. The zero-order chi connectivity index (χ0) is 19.3. The van der Waals surface area contributed by atoms with Gasteiger partial charge in [-0.25, -0.2) is 18.4 Å². The molecule has 0 atom stereocenters. The van der Waals surface area contributed by atoms with Crippen LogP contribution in [-0.2, 0) is 26.1 Å². The molecule has 138 valence electrons. The van der Waals surface area contributed by atoms with Crippen LogP contribution in [0.25, 0.3) is 0 Å². The Kier molecular flexibility index (Phi) is 6.36. The quantitative estimate of drug-likeness (QED) is 0.722. The minimum absolute atomic E-state index is 0.0114. The van der Waals surface area contributed by atoms with E-state index in [2.05, 4.69) is 5.32 Å². The van der Waals surface area contributed by atoms with Gasteiger partial charge in [0.15, 0.2) is 6.61 Å². The molecule has 3 N–H and O–H groups in total. The molecule has 26 heavy (non-hydrogen) atoms. The van der Waals surface area contributed by atoms with E-state index in [1.807, 2.05) is 31.2 Å². The lowest BCUT2D eigenvalue weighted by Crippen LogP contribution is -2.28.